The summed E-state index contributed by atoms with van der Waals surface area (Å²) in [5.74, 6) is 1.00. The molecule has 3 nitrogen and oxygen atoms in total. The van der Waals surface area contributed by atoms with Crippen LogP contribution in [-0.4, -0.2) is 23.4 Å². The third-order valence-corrected chi connectivity index (χ3v) is 4.40. The standard InChI is InChI=1S/C17H20BrNO2/c1-10(2)9-19(13-5-6-13)17(20)16-11(3)14-8-12(18)4-7-15(14)21-16/h4,7-8,10,13H,5-6,9H2,1-3H3. The van der Waals surface area contributed by atoms with Gasteiger partial charge < -0.3 is 9.32 Å². The molecule has 1 heterocycles. The Bertz CT molecular complexity index is 685. The minimum Gasteiger partial charge on any atom is -0.451 e. The number of fused-ring (bicyclic) bond motifs is 1. The second-order valence-electron chi connectivity index (χ2n) is 6.28. The highest BCUT2D eigenvalue weighted by molar-refractivity contribution is 9.10. The zero-order chi connectivity index (χ0) is 15.1. The molecule has 21 heavy (non-hydrogen) atoms. The molecular formula is C17H20BrNO2. The van der Waals surface area contributed by atoms with E-state index in [0.29, 0.717) is 17.7 Å². The topological polar surface area (TPSA) is 33.5 Å². The first-order valence-corrected chi connectivity index (χ1v) is 8.26. The van der Waals surface area contributed by atoms with Crippen LogP contribution in [-0.2, 0) is 0 Å². The Labute approximate surface area is 133 Å². The minimum absolute atomic E-state index is 0.0380. The van der Waals surface area contributed by atoms with E-state index < -0.39 is 0 Å². The first-order chi connectivity index (χ1) is 9.97. The number of rotatable bonds is 4. The molecule has 0 bridgehead atoms. The Kier molecular flexibility index (Phi) is 3.82. The molecule has 112 valence electrons. The van der Waals surface area contributed by atoms with Gasteiger partial charge in [-0.3, -0.25) is 4.79 Å². The largest absolute Gasteiger partial charge is 0.451 e. The Morgan fingerprint density at radius 1 is 1.43 bits per heavy atom. The van der Waals surface area contributed by atoms with Crippen LogP contribution in [0.1, 0.15) is 42.8 Å². The smallest absolute Gasteiger partial charge is 0.290 e. The SMILES string of the molecule is Cc1c(C(=O)N(CC(C)C)C2CC2)oc2ccc(Br)cc12. The van der Waals surface area contributed by atoms with Gasteiger partial charge in [-0.05, 0) is 43.9 Å². The van der Waals surface area contributed by atoms with Crippen molar-refractivity contribution in [1.29, 1.82) is 0 Å². The van der Waals surface area contributed by atoms with Gasteiger partial charge in [0.05, 0.1) is 0 Å². The highest BCUT2D eigenvalue weighted by Gasteiger charge is 2.35. The van der Waals surface area contributed by atoms with Gasteiger partial charge in [-0.2, -0.15) is 0 Å². The van der Waals surface area contributed by atoms with Crippen LogP contribution in [0.25, 0.3) is 11.0 Å². The summed E-state index contributed by atoms with van der Waals surface area (Å²) in [5, 5.41) is 1.01. The van der Waals surface area contributed by atoms with Gasteiger partial charge in [0.15, 0.2) is 5.76 Å². The lowest BCUT2D eigenvalue weighted by molar-refractivity contribution is 0.0691. The molecule has 1 amide bonds. The van der Waals surface area contributed by atoms with Crippen LogP contribution >= 0.6 is 15.9 Å². The minimum atomic E-state index is 0.0380. The van der Waals surface area contributed by atoms with Gasteiger partial charge in [0.2, 0.25) is 0 Å². The second-order valence-corrected chi connectivity index (χ2v) is 7.19. The first-order valence-electron chi connectivity index (χ1n) is 7.47. The number of carbonyl (C=O) groups excluding carboxylic acids is 1. The molecule has 1 aromatic heterocycles. The molecule has 4 heteroatoms. The quantitative estimate of drug-likeness (QED) is 0.796. The molecule has 3 rings (SSSR count). The third-order valence-electron chi connectivity index (χ3n) is 3.90. The van der Waals surface area contributed by atoms with E-state index in [9.17, 15) is 4.79 Å². The van der Waals surface area contributed by atoms with Crippen molar-refractivity contribution in [3.63, 3.8) is 0 Å². The number of furan rings is 1. The molecular weight excluding hydrogens is 330 g/mol. The van der Waals surface area contributed by atoms with Gasteiger partial charge in [0, 0.05) is 28.0 Å². The Hall–Kier alpha value is -1.29. The summed E-state index contributed by atoms with van der Waals surface area (Å²) in [4.78, 5) is 14.8. The average molecular weight is 350 g/mol. The number of benzene rings is 1. The number of hydrogen-bond acceptors (Lipinski definition) is 2. The molecule has 0 spiro atoms. The predicted octanol–water partition coefficient (Wildman–Crippen LogP) is 4.76. The van der Waals surface area contributed by atoms with Crippen LogP contribution in [0.15, 0.2) is 27.1 Å². The Morgan fingerprint density at radius 2 is 2.14 bits per heavy atom. The van der Waals surface area contributed by atoms with Gasteiger partial charge in [-0.25, -0.2) is 0 Å². The Balaban J connectivity index is 1.98. The van der Waals surface area contributed by atoms with Gasteiger partial charge in [0.25, 0.3) is 5.91 Å². The second kappa shape index (κ2) is 5.48. The zero-order valence-electron chi connectivity index (χ0n) is 12.6. The number of hydrogen-bond donors (Lipinski definition) is 0. The average Bonchev–Trinajstić information content (AvgIpc) is 3.21. The molecule has 1 saturated carbocycles. The van der Waals surface area contributed by atoms with Crippen molar-refractivity contribution in [3.8, 4) is 0 Å². The first kappa shape index (κ1) is 14.6. The van der Waals surface area contributed by atoms with E-state index in [-0.39, 0.29) is 5.91 Å². The fourth-order valence-corrected chi connectivity index (χ4v) is 3.07. The van der Waals surface area contributed by atoms with Crippen molar-refractivity contribution in [2.75, 3.05) is 6.54 Å². The van der Waals surface area contributed by atoms with Crippen LogP contribution in [0.5, 0.6) is 0 Å². The molecule has 1 aromatic carbocycles. The fourth-order valence-electron chi connectivity index (χ4n) is 2.70. The van der Waals surface area contributed by atoms with E-state index >= 15 is 0 Å². The van der Waals surface area contributed by atoms with Crippen LogP contribution in [0.4, 0.5) is 0 Å². The molecule has 0 unspecified atom stereocenters. The lowest BCUT2D eigenvalue weighted by Crippen LogP contribution is -2.36. The monoisotopic (exact) mass is 349 g/mol. The number of carbonyl (C=O) groups is 1. The van der Waals surface area contributed by atoms with E-state index in [4.69, 9.17) is 4.42 Å². The summed E-state index contributed by atoms with van der Waals surface area (Å²) in [5.41, 5.74) is 1.71. The maximum absolute atomic E-state index is 12.9. The summed E-state index contributed by atoms with van der Waals surface area (Å²) in [7, 11) is 0. The van der Waals surface area contributed by atoms with Crippen molar-refractivity contribution >= 4 is 32.8 Å². The lowest BCUT2D eigenvalue weighted by atomic mass is 10.1. The zero-order valence-corrected chi connectivity index (χ0v) is 14.2. The molecule has 2 aromatic rings. The summed E-state index contributed by atoms with van der Waals surface area (Å²) < 4.78 is 6.84. The number of amides is 1. The van der Waals surface area contributed by atoms with Crippen LogP contribution in [0.2, 0.25) is 0 Å². The maximum Gasteiger partial charge on any atom is 0.290 e. The van der Waals surface area contributed by atoms with E-state index in [1.807, 2.05) is 30.0 Å². The molecule has 0 N–H and O–H groups in total. The van der Waals surface area contributed by atoms with E-state index in [1.165, 1.54) is 0 Å². The van der Waals surface area contributed by atoms with Crippen molar-refractivity contribution in [1.82, 2.24) is 4.90 Å². The van der Waals surface area contributed by atoms with E-state index in [1.54, 1.807) is 0 Å². The number of nitrogens with zero attached hydrogens (tertiary/aromatic N) is 1. The molecule has 0 radical (unpaired) electrons. The summed E-state index contributed by atoms with van der Waals surface area (Å²) >= 11 is 3.47. The maximum atomic E-state index is 12.9. The number of aryl methyl sites for hydroxylation is 1. The lowest BCUT2D eigenvalue weighted by Gasteiger charge is -2.23. The normalized spacial score (nSPS) is 14.9. The van der Waals surface area contributed by atoms with Crippen LogP contribution in [0, 0.1) is 12.8 Å². The van der Waals surface area contributed by atoms with E-state index in [0.717, 1.165) is 40.4 Å². The predicted molar refractivity (Wildman–Crippen MR) is 87.5 cm³/mol. The molecule has 1 aliphatic carbocycles. The van der Waals surface area contributed by atoms with Gasteiger partial charge in [-0.15, -0.1) is 0 Å². The van der Waals surface area contributed by atoms with Gasteiger partial charge in [-0.1, -0.05) is 29.8 Å². The highest BCUT2D eigenvalue weighted by Crippen LogP contribution is 2.33. The van der Waals surface area contributed by atoms with Crippen LogP contribution < -0.4 is 0 Å². The molecule has 1 aliphatic rings. The summed E-state index contributed by atoms with van der Waals surface area (Å²) in [6.07, 6.45) is 2.23. The van der Waals surface area contributed by atoms with Crippen molar-refractivity contribution < 1.29 is 9.21 Å². The third kappa shape index (κ3) is 2.86. The fraction of sp³-hybridized carbons (Fsp3) is 0.471. The van der Waals surface area contributed by atoms with Crippen LogP contribution in [0.3, 0.4) is 0 Å². The van der Waals surface area contributed by atoms with E-state index in [2.05, 4.69) is 29.8 Å². The Morgan fingerprint density at radius 3 is 2.76 bits per heavy atom. The van der Waals surface area contributed by atoms with Crippen molar-refractivity contribution in [2.45, 2.75) is 39.7 Å². The highest BCUT2D eigenvalue weighted by atomic mass is 79.9. The molecule has 0 aliphatic heterocycles. The molecule has 0 saturated heterocycles. The summed E-state index contributed by atoms with van der Waals surface area (Å²) in [6, 6.07) is 6.26. The summed E-state index contributed by atoms with van der Waals surface area (Å²) in [6.45, 7) is 7.05. The van der Waals surface area contributed by atoms with Crippen molar-refractivity contribution in [2.24, 2.45) is 5.92 Å². The van der Waals surface area contributed by atoms with Gasteiger partial charge >= 0.3 is 0 Å². The molecule has 0 atom stereocenters. The van der Waals surface area contributed by atoms with Crippen molar-refractivity contribution in [3.05, 3.63) is 34.0 Å². The molecule has 1 fully saturated rings. The number of halogens is 1. The van der Waals surface area contributed by atoms with Gasteiger partial charge in [0.1, 0.15) is 5.58 Å².